The Kier molecular flexibility index (Phi) is 3.95. The first-order valence-electron chi connectivity index (χ1n) is 6.25. The first kappa shape index (κ1) is 13.7. The average Bonchev–Trinajstić information content (AvgIpc) is 2.75. The number of nitrogens with two attached hydrogens (primary N) is 1. The summed E-state index contributed by atoms with van der Waals surface area (Å²) in [5, 5.41) is 4.30. The molecule has 0 radical (unpaired) electrons. The van der Waals surface area contributed by atoms with E-state index in [2.05, 4.69) is 5.10 Å². The lowest BCUT2D eigenvalue weighted by Crippen LogP contribution is -2.18. The summed E-state index contributed by atoms with van der Waals surface area (Å²) in [4.78, 5) is 0. The highest BCUT2D eigenvalue weighted by Crippen LogP contribution is 2.20. The highest BCUT2D eigenvalue weighted by Gasteiger charge is 2.15. The molecule has 0 saturated carbocycles. The van der Waals surface area contributed by atoms with E-state index in [-0.39, 0.29) is 12.0 Å². The maximum Gasteiger partial charge on any atom is 0.126 e. The molecule has 3 nitrogen and oxygen atoms in total. The number of nitrogens with zero attached hydrogens (tertiary/aromatic N) is 2. The third kappa shape index (κ3) is 2.98. The molecule has 102 valence electrons. The summed E-state index contributed by atoms with van der Waals surface area (Å²) in [5.74, 6) is -0.889. The number of hydrogen-bond donors (Lipinski definition) is 1. The number of halogens is 2. The first-order chi connectivity index (χ1) is 9.01. The van der Waals surface area contributed by atoms with E-state index >= 15 is 0 Å². The van der Waals surface area contributed by atoms with Crippen LogP contribution in [-0.2, 0) is 13.0 Å². The standard InChI is InChI=1S/C14H17F2N3/c1-3-19-14(6-9(2)18-19)13(17)8-10-7-11(15)4-5-12(10)16/h4-7,13H,3,8,17H2,1-2H3. The van der Waals surface area contributed by atoms with Gasteiger partial charge in [-0.3, -0.25) is 4.68 Å². The number of hydrogen-bond acceptors (Lipinski definition) is 2. The van der Waals surface area contributed by atoms with E-state index in [4.69, 9.17) is 5.73 Å². The van der Waals surface area contributed by atoms with E-state index in [1.807, 2.05) is 19.9 Å². The zero-order valence-electron chi connectivity index (χ0n) is 11.0. The molecule has 5 heteroatoms. The second-order valence-electron chi connectivity index (χ2n) is 4.57. The van der Waals surface area contributed by atoms with Gasteiger partial charge in [0.15, 0.2) is 0 Å². The van der Waals surface area contributed by atoms with Gasteiger partial charge in [-0.1, -0.05) is 0 Å². The Balaban J connectivity index is 2.25. The van der Waals surface area contributed by atoms with E-state index in [1.54, 1.807) is 4.68 Å². The highest BCUT2D eigenvalue weighted by atomic mass is 19.1. The minimum absolute atomic E-state index is 0.245. The predicted octanol–water partition coefficient (Wildman–Crippen LogP) is 2.73. The van der Waals surface area contributed by atoms with Crippen molar-refractivity contribution in [3.05, 3.63) is 52.9 Å². The fourth-order valence-corrected chi connectivity index (χ4v) is 2.16. The Morgan fingerprint density at radius 1 is 1.32 bits per heavy atom. The van der Waals surface area contributed by atoms with Crippen LogP contribution >= 0.6 is 0 Å². The fraction of sp³-hybridized carbons (Fsp3) is 0.357. The van der Waals surface area contributed by atoms with Gasteiger partial charge in [0.05, 0.1) is 17.4 Å². The van der Waals surface area contributed by atoms with Crippen molar-refractivity contribution in [1.29, 1.82) is 0 Å². The Morgan fingerprint density at radius 2 is 2.05 bits per heavy atom. The first-order valence-corrected chi connectivity index (χ1v) is 6.25. The summed E-state index contributed by atoms with van der Waals surface area (Å²) < 4.78 is 28.5. The molecule has 1 aromatic carbocycles. The molecule has 0 amide bonds. The molecule has 1 aromatic heterocycles. The van der Waals surface area contributed by atoms with Crippen LogP contribution in [0.5, 0.6) is 0 Å². The van der Waals surface area contributed by atoms with Crippen molar-refractivity contribution in [3.63, 3.8) is 0 Å². The second-order valence-corrected chi connectivity index (χ2v) is 4.57. The molecule has 1 unspecified atom stereocenters. The number of rotatable bonds is 4. The minimum Gasteiger partial charge on any atom is -0.322 e. The number of aryl methyl sites for hydroxylation is 2. The highest BCUT2D eigenvalue weighted by molar-refractivity contribution is 5.22. The van der Waals surface area contributed by atoms with Gasteiger partial charge in [-0.25, -0.2) is 8.78 Å². The molecule has 0 bridgehead atoms. The molecule has 0 aliphatic heterocycles. The molecule has 2 rings (SSSR count). The average molecular weight is 265 g/mol. The minimum atomic E-state index is -0.455. The van der Waals surface area contributed by atoms with E-state index in [1.165, 1.54) is 6.07 Å². The summed E-state index contributed by atoms with van der Waals surface area (Å²) in [6, 6.07) is 4.89. The third-order valence-corrected chi connectivity index (χ3v) is 3.06. The Labute approximate surface area is 111 Å². The van der Waals surface area contributed by atoms with Gasteiger partial charge >= 0.3 is 0 Å². The molecule has 0 fully saturated rings. The van der Waals surface area contributed by atoms with Crippen LogP contribution in [0, 0.1) is 18.6 Å². The largest absolute Gasteiger partial charge is 0.322 e. The Hall–Kier alpha value is -1.75. The van der Waals surface area contributed by atoms with Crippen LogP contribution in [0.2, 0.25) is 0 Å². The monoisotopic (exact) mass is 265 g/mol. The predicted molar refractivity (Wildman–Crippen MR) is 69.6 cm³/mol. The molecule has 2 N–H and O–H groups in total. The molecule has 0 aliphatic rings. The van der Waals surface area contributed by atoms with Crippen molar-refractivity contribution in [3.8, 4) is 0 Å². The maximum absolute atomic E-state index is 13.6. The smallest absolute Gasteiger partial charge is 0.126 e. The summed E-state index contributed by atoms with van der Waals surface area (Å²) in [7, 11) is 0. The van der Waals surface area contributed by atoms with Crippen molar-refractivity contribution >= 4 is 0 Å². The lowest BCUT2D eigenvalue weighted by atomic mass is 10.0. The number of benzene rings is 1. The summed E-state index contributed by atoms with van der Waals surface area (Å²) in [5.41, 5.74) is 8.08. The van der Waals surface area contributed by atoms with Crippen LogP contribution in [0.25, 0.3) is 0 Å². The second kappa shape index (κ2) is 5.48. The summed E-state index contributed by atoms with van der Waals surface area (Å²) in [6.45, 7) is 4.54. The van der Waals surface area contributed by atoms with Crippen LogP contribution in [-0.4, -0.2) is 9.78 Å². The normalized spacial score (nSPS) is 12.7. The van der Waals surface area contributed by atoms with Crippen molar-refractivity contribution in [2.75, 3.05) is 0 Å². The molecular formula is C14H17F2N3. The molecule has 1 atom stereocenters. The van der Waals surface area contributed by atoms with Crippen LogP contribution in [0.3, 0.4) is 0 Å². The van der Waals surface area contributed by atoms with Crippen molar-refractivity contribution in [2.45, 2.75) is 32.9 Å². The van der Waals surface area contributed by atoms with Crippen molar-refractivity contribution in [1.82, 2.24) is 9.78 Å². The van der Waals surface area contributed by atoms with Gasteiger partial charge in [0.25, 0.3) is 0 Å². The van der Waals surface area contributed by atoms with E-state index in [9.17, 15) is 8.78 Å². The maximum atomic E-state index is 13.6. The van der Waals surface area contributed by atoms with Gasteiger partial charge in [-0.05, 0) is 50.1 Å². The molecule has 1 heterocycles. The van der Waals surface area contributed by atoms with Crippen molar-refractivity contribution in [2.24, 2.45) is 5.73 Å². The van der Waals surface area contributed by atoms with Gasteiger partial charge in [0, 0.05) is 6.54 Å². The fourth-order valence-electron chi connectivity index (χ4n) is 2.16. The number of aromatic nitrogens is 2. The van der Waals surface area contributed by atoms with Crippen LogP contribution in [0.1, 0.15) is 29.9 Å². The third-order valence-electron chi connectivity index (χ3n) is 3.06. The molecule has 2 aromatic rings. The van der Waals surface area contributed by atoms with Gasteiger partial charge in [0.1, 0.15) is 11.6 Å². The zero-order valence-corrected chi connectivity index (χ0v) is 11.0. The van der Waals surface area contributed by atoms with Gasteiger partial charge in [-0.15, -0.1) is 0 Å². The van der Waals surface area contributed by atoms with Crippen LogP contribution in [0.4, 0.5) is 8.78 Å². The van der Waals surface area contributed by atoms with Gasteiger partial charge in [-0.2, -0.15) is 5.10 Å². The van der Waals surface area contributed by atoms with Crippen LogP contribution in [0.15, 0.2) is 24.3 Å². The zero-order chi connectivity index (χ0) is 14.0. The quantitative estimate of drug-likeness (QED) is 0.923. The molecule has 0 saturated heterocycles. The molecule has 0 aliphatic carbocycles. The van der Waals surface area contributed by atoms with Crippen molar-refractivity contribution < 1.29 is 8.78 Å². The molecule has 19 heavy (non-hydrogen) atoms. The van der Waals surface area contributed by atoms with Gasteiger partial charge in [0.2, 0.25) is 0 Å². The summed E-state index contributed by atoms with van der Waals surface area (Å²) in [6.07, 6.45) is 0.245. The molecular weight excluding hydrogens is 248 g/mol. The SMILES string of the molecule is CCn1nc(C)cc1C(N)Cc1cc(F)ccc1F. The van der Waals surface area contributed by atoms with Gasteiger partial charge < -0.3 is 5.73 Å². The lowest BCUT2D eigenvalue weighted by Gasteiger charge is -2.14. The van der Waals surface area contributed by atoms with Crippen LogP contribution < -0.4 is 5.73 Å². The van der Waals surface area contributed by atoms with E-state index in [0.29, 0.717) is 6.54 Å². The Bertz CT molecular complexity index is 578. The topological polar surface area (TPSA) is 43.8 Å². The summed E-state index contributed by atoms with van der Waals surface area (Å²) >= 11 is 0. The molecule has 0 spiro atoms. The van der Waals surface area contributed by atoms with E-state index < -0.39 is 17.7 Å². The Morgan fingerprint density at radius 3 is 2.74 bits per heavy atom. The lowest BCUT2D eigenvalue weighted by molar-refractivity contribution is 0.543. The van der Waals surface area contributed by atoms with E-state index in [0.717, 1.165) is 23.5 Å².